The van der Waals surface area contributed by atoms with Gasteiger partial charge in [-0.3, -0.25) is 0 Å². The van der Waals surface area contributed by atoms with E-state index in [-0.39, 0.29) is 5.69 Å². The molecule has 0 unspecified atom stereocenters. The highest BCUT2D eigenvalue weighted by atomic mass is 19.4. The number of oxazole rings is 1. The van der Waals surface area contributed by atoms with Crippen molar-refractivity contribution in [1.29, 1.82) is 0 Å². The maximum absolute atomic E-state index is 11.3. The van der Waals surface area contributed by atoms with Crippen LogP contribution in [0.3, 0.4) is 0 Å². The molecule has 1 aromatic heterocycles. The predicted octanol–water partition coefficient (Wildman–Crippen LogP) is 3.32. The molecule has 1 fully saturated rings. The smallest absolute Gasteiger partial charge is 0.475 e. The third kappa shape index (κ3) is 7.58. The van der Waals surface area contributed by atoms with E-state index in [0.717, 1.165) is 25.6 Å². The Morgan fingerprint density at radius 3 is 2.52 bits per heavy atom. The van der Waals surface area contributed by atoms with Crippen molar-refractivity contribution in [1.82, 2.24) is 9.88 Å². The average Bonchev–Trinajstić information content (AvgIpc) is 3.04. The fraction of sp³-hybridized carbons (Fsp3) is 0.706. The predicted molar refractivity (Wildman–Crippen MR) is 89.4 cm³/mol. The molecule has 1 aromatic rings. The lowest BCUT2D eigenvalue weighted by molar-refractivity contribution is -0.192. The number of carboxylic acids is 1. The molecule has 1 aliphatic rings. The van der Waals surface area contributed by atoms with Gasteiger partial charge >= 0.3 is 18.1 Å². The van der Waals surface area contributed by atoms with Crippen LogP contribution in [0, 0.1) is 5.92 Å². The molecule has 0 spiro atoms. The van der Waals surface area contributed by atoms with E-state index >= 15 is 0 Å². The molecule has 1 aliphatic heterocycles. The van der Waals surface area contributed by atoms with E-state index < -0.39 is 18.1 Å². The Kier molecular flexibility index (Phi) is 8.74. The second kappa shape index (κ2) is 10.3. The number of likely N-dealkylation sites (tertiary alicyclic amines) is 1. The molecule has 27 heavy (non-hydrogen) atoms. The monoisotopic (exact) mass is 394 g/mol. The van der Waals surface area contributed by atoms with Crippen LogP contribution in [0.2, 0.25) is 0 Å². The first-order chi connectivity index (χ1) is 12.6. The van der Waals surface area contributed by atoms with Crippen molar-refractivity contribution < 1.29 is 37.0 Å². The van der Waals surface area contributed by atoms with Crippen molar-refractivity contribution >= 4 is 11.9 Å². The van der Waals surface area contributed by atoms with Crippen LogP contribution >= 0.6 is 0 Å². The Hall–Kier alpha value is -2.10. The van der Waals surface area contributed by atoms with Gasteiger partial charge in [-0.2, -0.15) is 13.2 Å². The molecule has 7 nitrogen and oxygen atoms in total. The minimum Gasteiger partial charge on any atom is -0.475 e. The summed E-state index contributed by atoms with van der Waals surface area (Å²) in [5.74, 6) is -1.49. The first-order valence-electron chi connectivity index (χ1n) is 8.64. The van der Waals surface area contributed by atoms with E-state index in [2.05, 4.69) is 28.5 Å². The molecule has 1 N–H and O–H groups in total. The number of carbonyl (C=O) groups is 2. The first-order valence-corrected chi connectivity index (χ1v) is 8.64. The molecule has 1 saturated heterocycles. The number of aliphatic carboxylic acids is 1. The molecule has 10 heteroatoms. The first kappa shape index (κ1) is 22.9. The van der Waals surface area contributed by atoms with Gasteiger partial charge in [-0.15, -0.1) is 0 Å². The van der Waals surface area contributed by atoms with Crippen molar-refractivity contribution in [2.45, 2.75) is 45.2 Å². The summed E-state index contributed by atoms with van der Waals surface area (Å²) in [6, 6.07) is 0. The number of nitrogens with zero attached hydrogens (tertiary/aromatic N) is 2. The van der Waals surface area contributed by atoms with Gasteiger partial charge in [0, 0.05) is 19.6 Å². The van der Waals surface area contributed by atoms with Crippen LogP contribution in [0.25, 0.3) is 0 Å². The summed E-state index contributed by atoms with van der Waals surface area (Å²) in [5, 5.41) is 7.12. The van der Waals surface area contributed by atoms with Gasteiger partial charge in [-0.05, 0) is 12.3 Å². The fourth-order valence-electron chi connectivity index (χ4n) is 2.63. The van der Waals surface area contributed by atoms with Crippen molar-refractivity contribution in [3.8, 4) is 0 Å². The average molecular weight is 394 g/mol. The van der Waals surface area contributed by atoms with Gasteiger partial charge in [0.1, 0.15) is 6.26 Å². The number of hydrogen-bond acceptors (Lipinski definition) is 6. The van der Waals surface area contributed by atoms with Gasteiger partial charge in [0.05, 0.1) is 13.0 Å². The quantitative estimate of drug-likeness (QED) is 0.709. The summed E-state index contributed by atoms with van der Waals surface area (Å²) in [4.78, 5) is 26.8. The van der Waals surface area contributed by atoms with Crippen molar-refractivity contribution in [2.75, 3.05) is 26.7 Å². The molecule has 0 saturated carbocycles. The highest BCUT2D eigenvalue weighted by Crippen LogP contribution is 2.27. The Morgan fingerprint density at radius 1 is 1.44 bits per heavy atom. The van der Waals surface area contributed by atoms with E-state index in [9.17, 15) is 18.0 Å². The Morgan fingerprint density at radius 2 is 2.04 bits per heavy atom. The number of aromatic nitrogens is 1. The van der Waals surface area contributed by atoms with E-state index in [0.29, 0.717) is 11.8 Å². The van der Waals surface area contributed by atoms with Crippen LogP contribution in [-0.4, -0.2) is 59.8 Å². The second-order valence-corrected chi connectivity index (χ2v) is 6.53. The summed E-state index contributed by atoms with van der Waals surface area (Å²) in [5.41, 5.74) is 0.261. The Bertz CT molecular complexity index is 612. The van der Waals surface area contributed by atoms with Gasteiger partial charge < -0.3 is 19.2 Å². The molecule has 154 valence electrons. The van der Waals surface area contributed by atoms with Gasteiger partial charge in [0.15, 0.2) is 5.69 Å². The molecule has 1 atom stereocenters. The van der Waals surface area contributed by atoms with E-state index in [1.54, 1.807) is 0 Å². The molecular formula is C17H25F3N2O5. The van der Waals surface area contributed by atoms with Crippen LogP contribution in [-0.2, 0) is 9.53 Å². The molecule has 0 amide bonds. The molecular weight excluding hydrogens is 369 g/mol. The van der Waals surface area contributed by atoms with Gasteiger partial charge in [-0.1, -0.05) is 26.7 Å². The normalized spacial score (nSPS) is 16.1. The molecule has 0 aliphatic carbocycles. The lowest BCUT2D eigenvalue weighted by atomic mass is 9.96. The number of hydrogen-bond donors (Lipinski definition) is 1. The van der Waals surface area contributed by atoms with Gasteiger partial charge in [0.25, 0.3) is 0 Å². The zero-order valence-electron chi connectivity index (χ0n) is 15.6. The third-order valence-corrected chi connectivity index (χ3v) is 4.09. The van der Waals surface area contributed by atoms with Crippen LogP contribution < -0.4 is 0 Å². The number of alkyl halides is 3. The summed E-state index contributed by atoms with van der Waals surface area (Å²) in [6.45, 7) is 7.62. The summed E-state index contributed by atoms with van der Waals surface area (Å²) >= 11 is 0. The van der Waals surface area contributed by atoms with E-state index in [1.807, 2.05) is 0 Å². The fourth-order valence-corrected chi connectivity index (χ4v) is 2.63. The number of carboxylic acid groups (broad SMARTS) is 1. The minimum atomic E-state index is -5.08. The minimum absolute atomic E-state index is 0.261. The summed E-state index contributed by atoms with van der Waals surface area (Å²) < 4.78 is 41.7. The van der Waals surface area contributed by atoms with Gasteiger partial charge in [0.2, 0.25) is 5.89 Å². The molecule has 2 rings (SSSR count). The SMILES string of the molecule is CCCC[C@H](C)CN1CC(c2nc(C(=O)OC)co2)C1.O=C(O)C(F)(F)F. The Labute approximate surface area is 155 Å². The second-order valence-electron chi connectivity index (χ2n) is 6.53. The number of ether oxygens (including phenoxy) is 1. The van der Waals surface area contributed by atoms with Crippen molar-refractivity contribution in [2.24, 2.45) is 5.92 Å². The standard InChI is InChI=1S/C15H24N2O3.C2HF3O2/c1-4-5-6-11(2)7-17-8-12(9-17)14-16-13(10-20-14)15(18)19-3;3-2(4,5)1(6)7/h10-12H,4-9H2,1-3H3;(H,6,7)/t11-;/m0./s1. The van der Waals surface area contributed by atoms with Crippen LogP contribution in [0.5, 0.6) is 0 Å². The van der Waals surface area contributed by atoms with Crippen LogP contribution in [0.4, 0.5) is 13.2 Å². The molecule has 0 radical (unpaired) electrons. The highest BCUT2D eigenvalue weighted by molar-refractivity contribution is 5.86. The third-order valence-electron chi connectivity index (χ3n) is 4.09. The van der Waals surface area contributed by atoms with Crippen LogP contribution in [0.1, 0.15) is 55.4 Å². The van der Waals surface area contributed by atoms with Crippen LogP contribution in [0.15, 0.2) is 10.7 Å². The van der Waals surface area contributed by atoms with E-state index in [1.165, 1.54) is 32.6 Å². The molecule has 0 aromatic carbocycles. The maximum Gasteiger partial charge on any atom is 0.490 e. The zero-order valence-corrected chi connectivity index (χ0v) is 15.6. The number of rotatable bonds is 7. The molecule has 0 bridgehead atoms. The van der Waals surface area contributed by atoms with Crippen molar-refractivity contribution in [3.05, 3.63) is 17.8 Å². The lowest BCUT2D eigenvalue weighted by Gasteiger charge is -2.39. The van der Waals surface area contributed by atoms with Crippen molar-refractivity contribution in [3.63, 3.8) is 0 Å². The van der Waals surface area contributed by atoms with E-state index in [4.69, 9.17) is 14.3 Å². The number of halogens is 3. The summed E-state index contributed by atoms with van der Waals surface area (Å²) in [6.07, 6.45) is 0.164. The Balaban J connectivity index is 0.000000445. The number of carbonyl (C=O) groups excluding carboxylic acids is 1. The number of methoxy groups -OCH3 is 1. The summed E-state index contributed by atoms with van der Waals surface area (Å²) in [7, 11) is 1.35. The van der Waals surface area contributed by atoms with Gasteiger partial charge in [-0.25, -0.2) is 14.6 Å². The largest absolute Gasteiger partial charge is 0.490 e. The maximum atomic E-state index is 11.3. The zero-order chi connectivity index (χ0) is 20.6. The lowest BCUT2D eigenvalue weighted by Crippen LogP contribution is -2.46. The highest BCUT2D eigenvalue weighted by Gasteiger charge is 2.38. The topological polar surface area (TPSA) is 92.9 Å². The molecule has 2 heterocycles. The number of unbranched alkanes of at least 4 members (excludes halogenated alkanes) is 1. The number of esters is 1.